The molecule has 1 N–H and O–H groups in total. The van der Waals surface area contributed by atoms with Crippen LogP contribution < -0.4 is 4.72 Å². The quantitative estimate of drug-likeness (QED) is 0.935. The summed E-state index contributed by atoms with van der Waals surface area (Å²) in [7, 11) is -3.55. The van der Waals surface area contributed by atoms with Crippen LogP contribution in [0.1, 0.15) is 43.9 Å². The van der Waals surface area contributed by atoms with Crippen molar-refractivity contribution in [1.82, 2.24) is 19.5 Å². The molecule has 0 unspecified atom stereocenters. The van der Waals surface area contributed by atoms with Crippen LogP contribution in [-0.4, -0.2) is 23.2 Å². The molecule has 0 aliphatic carbocycles. The molecule has 7 heteroatoms. The van der Waals surface area contributed by atoms with Gasteiger partial charge in [0.15, 0.2) is 5.82 Å². The third-order valence-corrected chi connectivity index (χ3v) is 5.47. The average molecular weight is 320 g/mol. The second kappa shape index (κ2) is 6.18. The Morgan fingerprint density at radius 2 is 1.91 bits per heavy atom. The molecule has 0 fully saturated rings. The monoisotopic (exact) mass is 320 g/mol. The Hall–Kier alpha value is -1.73. The lowest BCUT2D eigenvalue weighted by atomic mass is 10.2. The highest BCUT2D eigenvalue weighted by molar-refractivity contribution is 7.89. The van der Waals surface area contributed by atoms with E-state index in [9.17, 15) is 8.42 Å². The van der Waals surface area contributed by atoms with E-state index in [4.69, 9.17) is 0 Å². The molecule has 2 heterocycles. The highest BCUT2D eigenvalue weighted by Gasteiger charge is 2.24. The van der Waals surface area contributed by atoms with Gasteiger partial charge in [0.25, 0.3) is 0 Å². The van der Waals surface area contributed by atoms with E-state index in [-0.39, 0.29) is 4.90 Å². The van der Waals surface area contributed by atoms with Crippen molar-refractivity contribution in [3.63, 3.8) is 0 Å². The van der Waals surface area contributed by atoms with E-state index in [0.29, 0.717) is 5.82 Å². The number of rotatable bonds is 4. The van der Waals surface area contributed by atoms with Gasteiger partial charge < -0.3 is 4.57 Å². The maximum Gasteiger partial charge on any atom is 0.241 e. The van der Waals surface area contributed by atoms with Crippen molar-refractivity contribution < 1.29 is 8.42 Å². The van der Waals surface area contributed by atoms with Gasteiger partial charge in [-0.05, 0) is 31.9 Å². The predicted molar refractivity (Wildman–Crippen MR) is 82.8 cm³/mol. The van der Waals surface area contributed by atoms with Gasteiger partial charge in [-0.2, -0.15) is 0 Å². The highest BCUT2D eigenvalue weighted by Crippen LogP contribution is 2.20. The van der Waals surface area contributed by atoms with Gasteiger partial charge >= 0.3 is 0 Å². The third kappa shape index (κ3) is 3.05. The average Bonchev–Trinajstić information content (AvgIpc) is 2.77. The fourth-order valence-corrected chi connectivity index (χ4v) is 4.00. The van der Waals surface area contributed by atoms with Crippen LogP contribution in [-0.2, 0) is 23.0 Å². The molecule has 0 spiro atoms. The lowest BCUT2D eigenvalue weighted by Crippen LogP contribution is -2.29. The zero-order chi connectivity index (χ0) is 15.6. The van der Waals surface area contributed by atoms with E-state index in [0.717, 1.165) is 31.6 Å². The molecule has 0 saturated carbocycles. The molecule has 1 atom stereocenters. The number of fused-ring (bicyclic) bond motifs is 1. The molecular formula is C15H20N4O2S. The maximum atomic E-state index is 12.4. The standard InChI is InChI=1S/C15H20N4O2S/c1-12(18-22(20,21)13-8-4-2-5-9-13)15-17-16-14-10-6-3-7-11-19(14)15/h2,4-5,8-9,12,18H,3,6-7,10-11H2,1H3/t12-/m1/s1. The van der Waals surface area contributed by atoms with Crippen molar-refractivity contribution in [2.75, 3.05) is 0 Å². The summed E-state index contributed by atoms with van der Waals surface area (Å²) < 4.78 is 29.6. The first kappa shape index (κ1) is 15.2. The van der Waals surface area contributed by atoms with Crippen LogP contribution in [0.2, 0.25) is 0 Å². The predicted octanol–water partition coefficient (Wildman–Crippen LogP) is 2.04. The van der Waals surface area contributed by atoms with E-state index in [1.165, 1.54) is 6.42 Å². The normalized spacial score (nSPS) is 16.8. The van der Waals surface area contributed by atoms with Gasteiger partial charge in [-0.1, -0.05) is 24.6 Å². The number of nitrogens with one attached hydrogen (secondary N) is 1. The van der Waals surface area contributed by atoms with Gasteiger partial charge in [0.2, 0.25) is 10.0 Å². The van der Waals surface area contributed by atoms with Gasteiger partial charge in [0, 0.05) is 13.0 Å². The summed E-state index contributed by atoms with van der Waals surface area (Å²) >= 11 is 0. The van der Waals surface area contributed by atoms with Crippen molar-refractivity contribution in [2.45, 2.75) is 50.1 Å². The molecule has 1 aromatic heterocycles. The molecule has 0 radical (unpaired) electrons. The number of hydrogen-bond donors (Lipinski definition) is 1. The summed E-state index contributed by atoms with van der Waals surface area (Å²) in [6.45, 7) is 2.66. The summed E-state index contributed by atoms with van der Waals surface area (Å²) in [5.41, 5.74) is 0. The zero-order valence-electron chi connectivity index (χ0n) is 12.6. The molecule has 0 bridgehead atoms. The van der Waals surface area contributed by atoms with E-state index in [1.807, 2.05) is 6.92 Å². The van der Waals surface area contributed by atoms with Crippen LogP contribution in [0.3, 0.4) is 0 Å². The minimum absolute atomic E-state index is 0.262. The Morgan fingerprint density at radius 3 is 2.68 bits per heavy atom. The second-order valence-electron chi connectivity index (χ2n) is 5.59. The molecule has 3 rings (SSSR count). The molecule has 6 nitrogen and oxygen atoms in total. The first-order chi connectivity index (χ1) is 10.6. The molecule has 22 heavy (non-hydrogen) atoms. The van der Waals surface area contributed by atoms with Crippen LogP contribution in [0, 0.1) is 0 Å². The summed E-state index contributed by atoms with van der Waals surface area (Å²) in [6.07, 6.45) is 4.27. The molecular weight excluding hydrogens is 300 g/mol. The number of sulfonamides is 1. The second-order valence-corrected chi connectivity index (χ2v) is 7.31. The Balaban J connectivity index is 1.83. The van der Waals surface area contributed by atoms with Crippen LogP contribution in [0.15, 0.2) is 35.2 Å². The fourth-order valence-electron chi connectivity index (χ4n) is 2.78. The molecule has 1 aromatic carbocycles. The third-order valence-electron chi connectivity index (χ3n) is 3.91. The zero-order valence-corrected chi connectivity index (χ0v) is 13.4. The van der Waals surface area contributed by atoms with Gasteiger partial charge in [0.1, 0.15) is 5.82 Å². The topological polar surface area (TPSA) is 76.9 Å². The molecule has 118 valence electrons. The van der Waals surface area contributed by atoms with E-state index in [2.05, 4.69) is 19.5 Å². The van der Waals surface area contributed by atoms with Crippen molar-refractivity contribution in [1.29, 1.82) is 0 Å². The van der Waals surface area contributed by atoms with Crippen molar-refractivity contribution in [3.05, 3.63) is 42.0 Å². The Morgan fingerprint density at radius 1 is 1.14 bits per heavy atom. The largest absolute Gasteiger partial charge is 0.314 e. The molecule has 0 amide bonds. The van der Waals surface area contributed by atoms with Crippen LogP contribution in [0.25, 0.3) is 0 Å². The molecule has 1 aliphatic rings. The van der Waals surface area contributed by atoms with E-state index >= 15 is 0 Å². The van der Waals surface area contributed by atoms with E-state index < -0.39 is 16.1 Å². The summed E-state index contributed by atoms with van der Waals surface area (Å²) in [4.78, 5) is 0.262. The van der Waals surface area contributed by atoms with Gasteiger partial charge in [0.05, 0.1) is 10.9 Å². The molecule has 1 aliphatic heterocycles. The van der Waals surface area contributed by atoms with Crippen molar-refractivity contribution in [3.8, 4) is 0 Å². The smallest absolute Gasteiger partial charge is 0.241 e. The van der Waals surface area contributed by atoms with Crippen LogP contribution >= 0.6 is 0 Å². The lowest BCUT2D eigenvalue weighted by molar-refractivity contribution is 0.534. The van der Waals surface area contributed by atoms with Crippen molar-refractivity contribution in [2.24, 2.45) is 0 Å². The molecule has 2 aromatic rings. The van der Waals surface area contributed by atoms with Gasteiger partial charge in [-0.25, -0.2) is 13.1 Å². The lowest BCUT2D eigenvalue weighted by Gasteiger charge is -2.15. The maximum absolute atomic E-state index is 12.4. The number of hydrogen-bond acceptors (Lipinski definition) is 4. The first-order valence-corrected chi connectivity index (χ1v) is 9.05. The SMILES string of the molecule is C[C@@H](NS(=O)(=O)c1ccccc1)c1nnc2n1CCCCC2. The first-order valence-electron chi connectivity index (χ1n) is 7.57. The summed E-state index contributed by atoms with van der Waals surface area (Å²) in [6, 6.07) is 7.97. The Kier molecular flexibility index (Phi) is 4.26. The number of benzene rings is 1. The summed E-state index contributed by atoms with van der Waals surface area (Å²) in [5.74, 6) is 1.65. The van der Waals surface area contributed by atoms with E-state index in [1.54, 1.807) is 30.3 Å². The highest BCUT2D eigenvalue weighted by atomic mass is 32.2. The Bertz CT molecular complexity index is 740. The van der Waals surface area contributed by atoms with Crippen LogP contribution in [0.5, 0.6) is 0 Å². The number of aromatic nitrogens is 3. The molecule has 0 saturated heterocycles. The Labute approximate surface area is 130 Å². The van der Waals surface area contributed by atoms with Gasteiger partial charge in [-0.15, -0.1) is 10.2 Å². The van der Waals surface area contributed by atoms with Crippen LogP contribution in [0.4, 0.5) is 0 Å². The minimum Gasteiger partial charge on any atom is -0.314 e. The fraction of sp³-hybridized carbons (Fsp3) is 0.467. The number of aryl methyl sites for hydroxylation is 1. The summed E-state index contributed by atoms with van der Waals surface area (Å²) in [5, 5.41) is 8.42. The van der Waals surface area contributed by atoms with Crippen molar-refractivity contribution >= 4 is 10.0 Å². The number of nitrogens with zero attached hydrogens (tertiary/aromatic N) is 3. The van der Waals surface area contributed by atoms with Gasteiger partial charge in [-0.3, -0.25) is 0 Å². The minimum atomic E-state index is -3.55.